The maximum Gasteiger partial charge on any atom is 0.327 e. The summed E-state index contributed by atoms with van der Waals surface area (Å²) in [5.74, 6) is 0. The highest BCUT2D eigenvalue weighted by atomic mass is 35.5. The minimum absolute atomic E-state index is 0.274. The summed E-state index contributed by atoms with van der Waals surface area (Å²) in [7, 11) is -1.74. The molecule has 4 rings (SSSR count). The Morgan fingerprint density at radius 2 is 2.00 bits per heavy atom. The Hall–Kier alpha value is -1.55. The number of fused-ring (bicyclic) bond motifs is 1. The number of hydrogen-bond donors (Lipinski definition) is 2. The van der Waals surface area contributed by atoms with Crippen molar-refractivity contribution < 1.29 is 9.00 Å². The molecule has 0 radical (unpaired) electrons. The largest absolute Gasteiger partial charge is 0.334 e. The number of nitrogens with one attached hydrogen (secondary N) is 2. The van der Waals surface area contributed by atoms with Crippen LogP contribution in [-0.4, -0.2) is 26.6 Å². The molecule has 2 heterocycles. The highest BCUT2D eigenvalue weighted by Gasteiger charge is 2.20. The lowest BCUT2D eigenvalue weighted by atomic mass is 9.92. The van der Waals surface area contributed by atoms with E-state index in [2.05, 4.69) is 15.1 Å². The molecule has 174 valence electrons. The van der Waals surface area contributed by atoms with Crippen molar-refractivity contribution >= 4 is 80.3 Å². The van der Waals surface area contributed by atoms with Crippen molar-refractivity contribution in [1.29, 1.82) is 0 Å². The number of amides is 2. The van der Waals surface area contributed by atoms with Crippen molar-refractivity contribution in [1.82, 2.24) is 19.8 Å². The fourth-order valence-electron chi connectivity index (χ4n) is 3.55. The summed E-state index contributed by atoms with van der Waals surface area (Å²) in [6.45, 7) is 0.790. The van der Waals surface area contributed by atoms with Crippen LogP contribution in [0.25, 0.3) is 5.57 Å². The zero-order valence-corrected chi connectivity index (χ0v) is 21.7. The number of rotatable bonds is 6. The van der Waals surface area contributed by atoms with Gasteiger partial charge in [-0.1, -0.05) is 58.5 Å². The Bertz CT molecular complexity index is 1240. The van der Waals surface area contributed by atoms with Crippen LogP contribution in [0.5, 0.6) is 0 Å². The second-order valence-corrected chi connectivity index (χ2v) is 11.6. The van der Waals surface area contributed by atoms with E-state index in [1.54, 1.807) is 12.1 Å². The third kappa shape index (κ3) is 5.93. The number of hydrogen-bond acceptors (Lipinski definition) is 4. The Morgan fingerprint density at radius 3 is 2.73 bits per heavy atom. The van der Waals surface area contributed by atoms with Crippen LogP contribution < -0.4 is 10.0 Å². The molecule has 0 fully saturated rings. The first-order valence-electron chi connectivity index (χ1n) is 9.91. The van der Waals surface area contributed by atoms with Crippen LogP contribution in [0.4, 0.5) is 4.79 Å². The Labute approximate surface area is 217 Å². The van der Waals surface area contributed by atoms with E-state index in [0.717, 1.165) is 53.0 Å². The number of aryl methyl sites for hydroxylation is 1. The summed E-state index contributed by atoms with van der Waals surface area (Å²) in [4.78, 5) is 12.2. The Morgan fingerprint density at radius 1 is 1.18 bits per heavy atom. The van der Waals surface area contributed by atoms with Gasteiger partial charge in [0.2, 0.25) is 0 Å². The zero-order valence-electron chi connectivity index (χ0n) is 17.0. The molecular weight excluding hydrogens is 546 g/mol. The van der Waals surface area contributed by atoms with Gasteiger partial charge in [-0.15, -0.1) is 11.3 Å². The highest BCUT2D eigenvalue weighted by molar-refractivity contribution is 7.86. The van der Waals surface area contributed by atoms with Crippen molar-refractivity contribution in [2.45, 2.75) is 30.0 Å². The third-order valence-corrected chi connectivity index (χ3v) is 8.85. The number of carbonyl (C=O) groups is 1. The number of aromatic nitrogens is 2. The highest BCUT2D eigenvalue weighted by Crippen LogP contribution is 2.33. The minimum Gasteiger partial charge on any atom is -0.334 e. The number of allylic oxidation sites excluding steroid dienone is 1. The Balaban J connectivity index is 1.42. The van der Waals surface area contributed by atoms with Crippen molar-refractivity contribution in [2.75, 3.05) is 6.54 Å². The molecule has 12 heteroatoms. The summed E-state index contributed by atoms with van der Waals surface area (Å²) in [6, 6.07) is 6.34. The molecule has 0 saturated carbocycles. The van der Waals surface area contributed by atoms with Gasteiger partial charge < -0.3 is 5.32 Å². The van der Waals surface area contributed by atoms with Gasteiger partial charge in [0.15, 0.2) is 11.0 Å². The van der Waals surface area contributed by atoms with Gasteiger partial charge in [-0.2, -0.15) is 5.10 Å². The van der Waals surface area contributed by atoms with Crippen LogP contribution in [0.1, 0.15) is 29.7 Å². The van der Waals surface area contributed by atoms with E-state index in [-0.39, 0.29) is 6.54 Å². The van der Waals surface area contributed by atoms with E-state index in [4.69, 9.17) is 46.4 Å². The van der Waals surface area contributed by atoms with Crippen molar-refractivity contribution in [3.8, 4) is 0 Å². The van der Waals surface area contributed by atoms with Crippen LogP contribution in [0.3, 0.4) is 0 Å². The van der Waals surface area contributed by atoms with E-state index in [0.29, 0.717) is 30.2 Å². The van der Waals surface area contributed by atoms with Crippen molar-refractivity contribution in [3.05, 3.63) is 72.8 Å². The smallest absolute Gasteiger partial charge is 0.327 e. The molecule has 1 aliphatic carbocycles. The quantitative estimate of drug-likeness (QED) is 0.367. The van der Waals surface area contributed by atoms with Crippen molar-refractivity contribution in [2.24, 2.45) is 0 Å². The van der Waals surface area contributed by atoms with Gasteiger partial charge in [0.25, 0.3) is 0 Å². The van der Waals surface area contributed by atoms with E-state index in [1.165, 1.54) is 6.07 Å². The average molecular weight is 564 g/mol. The maximum absolute atomic E-state index is 12.3. The van der Waals surface area contributed by atoms with E-state index in [1.807, 2.05) is 23.0 Å². The SMILES string of the molecule is O=C(NC/C=C1\CCCc2cnn(Cc3ccc(Cl)cc3Cl)c21)NS(=O)c1cc(Cl)c(Cl)s1. The van der Waals surface area contributed by atoms with Gasteiger partial charge >= 0.3 is 6.03 Å². The molecule has 1 aromatic carbocycles. The molecule has 2 aromatic heterocycles. The number of halogens is 4. The number of urea groups is 1. The van der Waals surface area contributed by atoms with Crippen LogP contribution in [0.2, 0.25) is 19.4 Å². The summed E-state index contributed by atoms with van der Waals surface area (Å²) in [5, 5.41) is 8.75. The summed E-state index contributed by atoms with van der Waals surface area (Å²) in [5.41, 5.74) is 4.22. The summed E-state index contributed by atoms with van der Waals surface area (Å²) >= 11 is 25.2. The van der Waals surface area contributed by atoms with Gasteiger partial charge in [0.1, 0.15) is 8.55 Å². The molecule has 1 atom stereocenters. The molecule has 2 N–H and O–H groups in total. The first-order chi connectivity index (χ1) is 15.8. The van der Waals surface area contributed by atoms with Gasteiger partial charge in [0, 0.05) is 16.6 Å². The van der Waals surface area contributed by atoms with Crippen LogP contribution in [0.15, 0.2) is 40.7 Å². The molecule has 3 aromatic rings. The predicted octanol–water partition coefficient (Wildman–Crippen LogP) is 6.35. The first-order valence-corrected chi connectivity index (χ1v) is 13.4. The lowest BCUT2D eigenvalue weighted by Gasteiger charge is -2.18. The molecular formula is C21H18Cl4N4O2S2. The standard InChI is InChI=1S/C21H18Cl4N4O2S2/c22-15-5-4-14(16(23)8-15)11-29-19-12(2-1-3-13(19)10-27-29)6-7-26-21(30)28-33(31)18-9-17(24)20(25)32-18/h4-6,8-10H,1-3,7,11H2,(H2,26,28,30)/b12-6+. The van der Waals surface area contributed by atoms with Crippen LogP contribution in [-0.2, 0) is 24.0 Å². The third-order valence-electron chi connectivity index (χ3n) is 5.05. The molecule has 6 nitrogen and oxygen atoms in total. The number of benzene rings is 1. The van der Waals surface area contributed by atoms with Crippen molar-refractivity contribution in [3.63, 3.8) is 0 Å². The molecule has 2 amide bonds. The molecule has 0 bridgehead atoms. The molecule has 0 spiro atoms. The fraction of sp³-hybridized carbons (Fsp3) is 0.238. The molecule has 1 unspecified atom stereocenters. The molecule has 33 heavy (non-hydrogen) atoms. The second kappa shape index (κ2) is 10.8. The molecule has 0 aliphatic heterocycles. The number of thiophene rings is 1. The monoisotopic (exact) mass is 562 g/mol. The summed E-state index contributed by atoms with van der Waals surface area (Å²) < 4.78 is 17.3. The average Bonchev–Trinajstić information content (AvgIpc) is 3.33. The van der Waals surface area contributed by atoms with Gasteiger partial charge in [-0.25, -0.2) is 9.00 Å². The predicted molar refractivity (Wildman–Crippen MR) is 136 cm³/mol. The van der Waals surface area contributed by atoms with E-state index >= 15 is 0 Å². The Kier molecular flexibility index (Phi) is 8.04. The van der Waals surface area contributed by atoms with Gasteiger partial charge in [-0.3, -0.25) is 9.40 Å². The molecule has 0 saturated heterocycles. The fourth-order valence-corrected chi connectivity index (χ4v) is 6.57. The normalized spacial score (nSPS) is 15.3. The van der Waals surface area contributed by atoms with Gasteiger partial charge in [-0.05, 0) is 54.2 Å². The van der Waals surface area contributed by atoms with E-state index in [9.17, 15) is 9.00 Å². The van der Waals surface area contributed by atoms with Crippen LogP contribution in [0, 0.1) is 0 Å². The minimum atomic E-state index is -1.74. The zero-order chi connectivity index (χ0) is 23.5. The first kappa shape index (κ1) is 24.6. The lowest BCUT2D eigenvalue weighted by molar-refractivity contribution is 0.247. The topological polar surface area (TPSA) is 76.0 Å². The lowest BCUT2D eigenvalue weighted by Crippen LogP contribution is -2.36. The van der Waals surface area contributed by atoms with Gasteiger partial charge in [0.05, 0.1) is 23.5 Å². The number of carbonyl (C=O) groups excluding carboxylic acids is 1. The maximum atomic E-state index is 12.3. The van der Waals surface area contributed by atoms with E-state index < -0.39 is 17.0 Å². The summed E-state index contributed by atoms with van der Waals surface area (Å²) in [6.07, 6.45) is 6.66. The second-order valence-electron chi connectivity index (χ2n) is 7.26. The van der Waals surface area contributed by atoms with Crippen LogP contribution >= 0.6 is 57.7 Å². The number of nitrogens with zero attached hydrogens (tertiary/aromatic N) is 2. The molecule has 1 aliphatic rings.